The van der Waals surface area contributed by atoms with Crippen molar-refractivity contribution in [2.24, 2.45) is 0 Å². The molecule has 4 heteroatoms. The van der Waals surface area contributed by atoms with E-state index in [2.05, 4.69) is 0 Å². The fourth-order valence-electron chi connectivity index (χ4n) is 1.75. The van der Waals surface area contributed by atoms with E-state index >= 15 is 0 Å². The van der Waals surface area contributed by atoms with E-state index in [1.54, 1.807) is 0 Å². The van der Waals surface area contributed by atoms with Crippen LogP contribution in [0.3, 0.4) is 0 Å². The maximum absolute atomic E-state index is 6.19. The Morgan fingerprint density at radius 1 is 0.750 bits per heavy atom. The van der Waals surface area contributed by atoms with Crippen molar-refractivity contribution in [3.63, 3.8) is 0 Å². The van der Waals surface area contributed by atoms with Crippen LogP contribution in [0.1, 0.15) is 51.4 Å². The van der Waals surface area contributed by atoms with E-state index in [1.165, 1.54) is 44.9 Å². The molecule has 0 N–H and O–H groups in total. The van der Waals surface area contributed by atoms with Gasteiger partial charge < -0.3 is 0 Å². The maximum Gasteiger partial charge on any atom is 0.0496 e. The summed E-state index contributed by atoms with van der Waals surface area (Å²) < 4.78 is 0. The lowest BCUT2D eigenvalue weighted by molar-refractivity contribution is 0.566. The zero-order chi connectivity index (χ0) is 12.2. The van der Waals surface area contributed by atoms with Gasteiger partial charge in [-0.25, -0.2) is 0 Å². The van der Waals surface area contributed by atoms with Gasteiger partial charge >= 0.3 is 0 Å². The molecule has 0 aromatic carbocycles. The van der Waals surface area contributed by atoms with Crippen molar-refractivity contribution in [2.75, 3.05) is 5.88 Å². The molecule has 0 aromatic heterocycles. The molecular weight excluding hydrogens is 279 g/mol. The zero-order valence-electron chi connectivity index (χ0n) is 10.4. The largest absolute Gasteiger partial charge is 0.127 e. The molecule has 0 aliphatic heterocycles. The minimum Gasteiger partial charge on any atom is -0.127 e. The quantitative estimate of drug-likeness (QED) is 0.302. The average Bonchev–Trinajstić information content (AvgIpc) is 2.31. The maximum atomic E-state index is 6.19. The van der Waals surface area contributed by atoms with Gasteiger partial charge in [0.05, 0.1) is 0 Å². The van der Waals surface area contributed by atoms with Crippen molar-refractivity contribution in [3.05, 3.63) is 0 Å². The SMILES string of the molecule is [SiH3]CC(Cl)C(Cl)CCCCCCCCCCl. The zero-order valence-corrected chi connectivity index (χ0v) is 14.6. The van der Waals surface area contributed by atoms with Gasteiger partial charge in [0.2, 0.25) is 0 Å². The molecule has 0 saturated carbocycles. The summed E-state index contributed by atoms with van der Waals surface area (Å²) in [7, 11) is 1.15. The van der Waals surface area contributed by atoms with Gasteiger partial charge in [0, 0.05) is 26.9 Å². The second kappa shape index (κ2) is 12.5. The van der Waals surface area contributed by atoms with Crippen molar-refractivity contribution in [1.82, 2.24) is 0 Å². The van der Waals surface area contributed by atoms with Gasteiger partial charge in [0.15, 0.2) is 0 Å². The van der Waals surface area contributed by atoms with Crippen LogP contribution >= 0.6 is 34.8 Å². The first-order chi connectivity index (χ1) is 7.72. The van der Waals surface area contributed by atoms with Crippen LogP contribution in [0.15, 0.2) is 0 Å². The molecule has 0 heterocycles. The second-order valence-electron chi connectivity index (χ2n) is 4.39. The van der Waals surface area contributed by atoms with Gasteiger partial charge in [-0.2, -0.15) is 0 Å². The molecule has 98 valence electrons. The number of hydrogen-bond donors (Lipinski definition) is 0. The highest BCUT2D eigenvalue weighted by Crippen LogP contribution is 2.20. The number of unbranched alkanes of at least 4 members (excludes halogenated alkanes) is 6. The Labute approximate surface area is 119 Å². The van der Waals surface area contributed by atoms with Crippen LogP contribution in [0.4, 0.5) is 0 Å². The summed E-state index contributed by atoms with van der Waals surface area (Å²) in [6.07, 6.45) is 10.1. The van der Waals surface area contributed by atoms with Crippen LogP contribution in [-0.4, -0.2) is 26.9 Å². The van der Waals surface area contributed by atoms with Crippen molar-refractivity contribution >= 4 is 45.0 Å². The van der Waals surface area contributed by atoms with Crippen LogP contribution in [0.2, 0.25) is 6.04 Å². The van der Waals surface area contributed by atoms with Gasteiger partial charge in [-0.05, 0) is 18.9 Å². The summed E-state index contributed by atoms with van der Waals surface area (Å²) in [6, 6.07) is 1.11. The highest BCUT2D eigenvalue weighted by molar-refractivity contribution is 6.32. The lowest BCUT2D eigenvalue weighted by Gasteiger charge is -2.13. The lowest BCUT2D eigenvalue weighted by Crippen LogP contribution is -2.14. The Morgan fingerprint density at radius 2 is 1.25 bits per heavy atom. The summed E-state index contributed by atoms with van der Waals surface area (Å²) >= 11 is 17.9. The van der Waals surface area contributed by atoms with Crippen LogP contribution in [0, 0.1) is 0 Å². The Bertz CT molecular complexity index is 144. The van der Waals surface area contributed by atoms with E-state index in [-0.39, 0.29) is 10.8 Å². The first-order valence-corrected chi connectivity index (χ1v) is 9.38. The standard InChI is InChI=1S/C12H25Cl3Si/c13-9-7-5-3-1-2-4-6-8-11(14)12(15)10-16/h11-12H,1-10H2,16H3. The molecule has 0 rings (SSSR count). The second-order valence-corrected chi connectivity index (χ2v) is 6.71. The monoisotopic (exact) mass is 302 g/mol. The van der Waals surface area contributed by atoms with Gasteiger partial charge in [-0.3, -0.25) is 0 Å². The molecule has 2 atom stereocenters. The Balaban J connectivity index is 3.14. The minimum atomic E-state index is 0.190. The van der Waals surface area contributed by atoms with Gasteiger partial charge in [-0.1, -0.05) is 38.5 Å². The van der Waals surface area contributed by atoms with Gasteiger partial charge in [0.1, 0.15) is 0 Å². The smallest absolute Gasteiger partial charge is 0.0496 e. The van der Waals surface area contributed by atoms with Crippen LogP contribution < -0.4 is 0 Å². The Morgan fingerprint density at radius 3 is 1.75 bits per heavy atom. The topological polar surface area (TPSA) is 0 Å². The van der Waals surface area contributed by atoms with Crippen LogP contribution in [0.5, 0.6) is 0 Å². The molecule has 16 heavy (non-hydrogen) atoms. The van der Waals surface area contributed by atoms with E-state index in [4.69, 9.17) is 34.8 Å². The molecule has 0 bridgehead atoms. The third kappa shape index (κ3) is 10.3. The van der Waals surface area contributed by atoms with Gasteiger partial charge in [0.25, 0.3) is 0 Å². The predicted molar refractivity (Wildman–Crippen MR) is 81.7 cm³/mol. The fraction of sp³-hybridized carbons (Fsp3) is 1.00. The summed E-state index contributed by atoms with van der Waals surface area (Å²) in [5, 5.41) is 0.396. The van der Waals surface area contributed by atoms with Crippen molar-refractivity contribution in [3.8, 4) is 0 Å². The van der Waals surface area contributed by atoms with E-state index in [0.717, 1.165) is 28.6 Å². The molecule has 0 aliphatic rings. The first-order valence-electron chi connectivity index (χ1n) is 6.56. The molecule has 0 saturated heterocycles. The van der Waals surface area contributed by atoms with E-state index < -0.39 is 0 Å². The Kier molecular flexibility index (Phi) is 13.4. The summed E-state index contributed by atoms with van der Waals surface area (Å²) in [5.74, 6) is 0.811. The molecule has 0 aliphatic carbocycles. The summed E-state index contributed by atoms with van der Waals surface area (Å²) in [6.45, 7) is 0. The summed E-state index contributed by atoms with van der Waals surface area (Å²) in [4.78, 5) is 0. The molecule has 0 fully saturated rings. The first kappa shape index (κ1) is 17.1. The molecule has 0 radical (unpaired) electrons. The van der Waals surface area contributed by atoms with Crippen LogP contribution in [-0.2, 0) is 0 Å². The normalized spacial score (nSPS) is 15.2. The third-order valence-electron chi connectivity index (χ3n) is 2.90. The van der Waals surface area contributed by atoms with Crippen LogP contribution in [0.25, 0.3) is 0 Å². The van der Waals surface area contributed by atoms with E-state index in [9.17, 15) is 0 Å². The number of rotatable bonds is 11. The molecule has 0 nitrogen and oxygen atoms in total. The van der Waals surface area contributed by atoms with E-state index in [1.807, 2.05) is 0 Å². The Hall–Kier alpha value is 1.09. The fourth-order valence-corrected chi connectivity index (χ4v) is 3.27. The average molecular weight is 304 g/mol. The van der Waals surface area contributed by atoms with Crippen molar-refractivity contribution in [1.29, 1.82) is 0 Å². The minimum absolute atomic E-state index is 0.190. The van der Waals surface area contributed by atoms with Crippen molar-refractivity contribution < 1.29 is 0 Å². The van der Waals surface area contributed by atoms with Gasteiger partial charge in [-0.15, -0.1) is 34.8 Å². The highest BCUT2D eigenvalue weighted by Gasteiger charge is 2.13. The lowest BCUT2D eigenvalue weighted by atomic mass is 10.1. The molecule has 0 spiro atoms. The highest BCUT2D eigenvalue weighted by atomic mass is 35.5. The predicted octanol–water partition coefficient (Wildman–Crippen LogP) is 4.34. The van der Waals surface area contributed by atoms with E-state index in [0.29, 0.717) is 0 Å². The molecule has 2 unspecified atom stereocenters. The summed E-state index contributed by atoms with van der Waals surface area (Å²) in [5.41, 5.74) is 0. The molecule has 0 aromatic rings. The number of halogens is 3. The third-order valence-corrected chi connectivity index (χ3v) is 5.82. The van der Waals surface area contributed by atoms with Crippen molar-refractivity contribution in [2.45, 2.75) is 68.2 Å². The molecule has 0 amide bonds. The number of alkyl halides is 3. The number of hydrogen-bond acceptors (Lipinski definition) is 0. The molecular formula is C12H25Cl3Si.